The highest BCUT2D eigenvalue weighted by molar-refractivity contribution is 5.48. The van der Waals surface area contributed by atoms with E-state index in [1.807, 2.05) is 6.92 Å². The molecule has 0 aliphatic heterocycles. The second-order valence-corrected chi connectivity index (χ2v) is 7.64. The zero-order chi connectivity index (χ0) is 14.6. The summed E-state index contributed by atoms with van der Waals surface area (Å²) in [6.45, 7) is 15.7. The summed E-state index contributed by atoms with van der Waals surface area (Å²) in [5, 5.41) is 9.96. The summed E-state index contributed by atoms with van der Waals surface area (Å²) in [6, 6.07) is 4.57. The van der Waals surface area contributed by atoms with Gasteiger partial charge in [0.1, 0.15) is 0 Å². The summed E-state index contributed by atoms with van der Waals surface area (Å²) in [5.41, 5.74) is 5.60. The molecule has 19 heavy (non-hydrogen) atoms. The minimum atomic E-state index is -0.386. The zero-order valence-corrected chi connectivity index (χ0v) is 13.5. The van der Waals surface area contributed by atoms with Gasteiger partial charge in [0.05, 0.1) is 6.10 Å². The normalized spacial score (nSPS) is 25.8. The molecule has 0 saturated carbocycles. The van der Waals surface area contributed by atoms with Crippen molar-refractivity contribution in [2.75, 3.05) is 0 Å². The van der Waals surface area contributed by atoms with Crippen molar-refractivity contribution in [3.05, 3.63) is 34.4 Å². The topological polar surface area (TPSA) is 20.2 Å². The number of aliphatic hydroxyl groups excluding tert-OH is 1. The van der Waals surface area contributed by atoms with Crippen molar-refractivity contribution in [3.63, 3.8) is 0 Å². The van der Waals surface area contributed by atoms with Crippen LogP contribution in [0.2, 0.25) is 0 Å². The van der Waals surface area contributed by atoms with Gasteiger partial charge in [0.25, 0.3) is 0 Å². The highest BCUT2D eigenvalue weighted by Crippen LogP contribution is 2.49. The minimum absolute atomic E-state index is 0.196. The van der Waals surface area contributed by atoms with Gasteiger partial charge < -0.3 is 5.11 Å². The number of rotatable bonds is 1. The van der Waals surface area contributed by atoms with Crippen LogP contribution in [0.3, 0.4) is 0 Å². The van der Waals surface area contributed by atoms with Crippen LogP contribution in [0.4, 0.5) is 0 Å². The molecule has 0 heterocycles. The molecule has 1 aliphatic rings. The van der Waals surface area contributed by atoms with E-state index in [1.54, 1.807) is 0 Å². The Labute approximate surface area is 118 Å². The molecule has 1 unspecified atom stereocenters. The molecule has 2 rings (SSSR count). The molecule has 1 nitrogen and oxygen atoms in total. The first-order valence-corrected chi connectivity index (χ1v) is 7.41. The minimum Gasteiger partial charge on any atom is -0.389 e. The van der Waals surface area contributed by atoms with Crippen molar-refractivity contribution >= 4 is 0 Å². The molecule has 1 N–H and O–H groups in total. The Morgan fingerprint density at radius 2 is 1.74 bits per heavy atom. The van der Waals surface area contributed by atoms with E-state index in [-0.39, 0.29) is 16.9 Å². The predicted molar refractivity (Wildman–Crippen MR) is 81.6 cm³/mol. The third kappa shape index (κ3) is 2.23. The maximum atomic E-state index is 9.96. The van der Waals surface area contributed by atoms with Crippen LogP contribution in [-0.2, 0) is 10.8 Å². The molecule has 1 heteroatoms. The van der Waals surface area contributed by atoms with Crippen LogP contribution in [-0.4, -0.2) is 5.11 Å². The average molecular weight is 260 g/mol. The van der Waals surface area contributed by atoms with Crippen molar-refractivity contribution in [3.8, 4) is 0 Å². The van der Waals surface area contributed by atoms with E-state index in [0.29, 0.717) is 5.92 Å². The predicted octanol–water partition coefficient (Wildman–Crippen LogP) is 4.64. The van der Waals surface area contributed by atoms with Gasteiger partial charge in [-0.05, 0) is 59.3 Å². The Morgan fingerprint density at radius 1 is 1.16 bits per heavy atom. The summed E-state index contributed by atoms with van der Waals surface area (Å²) in [5.74, 6) is 0.673. The van der Waals surface area contributed by atoms with E-state index >= 15 is 0 Å². The van der Waals surface area contributed by atoms with Gasteiger partial charge in [0.15, 0.2) is 0 Å². The van der Waals surface area contributed by atoms with Crippen LogP contribution in [0.15, 0.2) is 12.1 Å². The lowest BCUT2D eigenvalue weighted by Gasteiger charge is -2.47. The first kappa shape index (κ1) is 14.6. The smallest absolute Gasteiger partial charge is 0.0764 e. The molecule has 1 aromatic carbocycles. The Balaban J connectivity index is 2.72. The van der Waals surface area contributed by atoms with Crippen molar-refractivity contribution < 1.29 is 5.11 Å². The van der Waals surface area contributed by atoms with Crippen LogP contribution in [0.1, 0.15) is 76.3 Å². The number of aryl methyl sites for hydroxylation is 1. The third-order valence-corrected chi connectivity index (χ3v) is 5.33. The van der Waals surface area contributed by atoms with Gasteiger partial charge in [-0.25, -0.2) is 0 Å². The molecule has 106 valence electrons. The van der Waals surface area contributed by atoms with Gasteiger partial charge >= 0.3 is 0 Å². The molecule has 1 aliphatic carbocycles. The fraction of sp³-hybridized carbons (Fsp3) is 0.667. The number of hydrogen-bond acceptors (Lipinski definition) is 1. The average Bonchev–Trinajstić information content (AvgIpc) is 2.25. The maximum Gasteiger partial charge on any atom is 0.0764 e. The monoisotopic (exact) mass is 260 g/mol. The highest BCUT2D eigenvalue weighted by atomic mass is 16.3. The van der Waals surface area contributed by atoms with Crippen molar-refractivity contribution in [2.24, 2.45) is 5.92 Å². The number of hydrogen-bond donors (Lipinski definition) is 1. The molecular formula is C18H28O. The highest BCUT2D eigenvalue weighted by Gasteiger charge is 2.42. The van der Waals surface area contributed by atoms with Gasteiger partial charge in [-0.3, -0.25) is 0 Å². The van der Waals surface area contributed by atoms with Gasteiger partial charge in [0.2, 0.25) is 0 Å². The number of benzene rings is 1. The summed E-state index contributed by atoms with van der Waals surface area (Å²) in [4.78, 5) is 0. The fourth-order valence-electron chi connectivity index (χ4n) is 3.66. The lowest BCUT2D eigenvalue weighted by atomic mass is 9.58. The summed E-state index contributed by atoms with van der Waals surface area (Å²) in [7, 11) is 0. The third-order valence-electron chi connectivity index (χ3n) is 5.33. The maximum absolute atomic E-state index is 9.96. The van der Waals surface area contributed by atoms with E-state index in [2.05, 4.69) is 53.7 Å². The Morgan fingerprint density at radius 3 is 2.26 bits per heavy atom. The first-order valence-electron chi connectivity index (χ1n) is 7.41. The lowest BCUT2D eigenvalue weighted by molar-refractivity contribution is 0.196. The van der Waals surface area contributed by atoms with Crippen molar-refractivity contribution in [1.82, 2.24) is 0 Å². The molecule has 0 aromatic heterocycles. The summed E-state index contributed by atoms with van der Waals surface area (Å²) >= 11 is 0. The molecule has 1 aromatic rings. The van der Waals surface area contributed by atoms with Crippen LogP contribution in [0, 0.1) is 12.8 Å². The second kappa shape index (κ2) is 4.34. The summed E-state index contributed by atoms with van der Waals surface area (Å²) < 4.78 is 0. The molecule has 0 amide bonds. The molecule has 0 spiro atoms. The molecule has 2 atom stereocenters. The lowest BCUT2D eigenvalue weighted by Crippen LogP contribution is -2.40. The standard InChI is InChI=1S/C18H28O/c1-11-8-16-15(9-14(11)13(3)19)17(4,5)10-12(2)18(16,6)7/h8-9,12-13,19H,10H2,1-7H3/t12?,13-/m1/s1. The molecule has 0 saturated heterocycles. The largest absolute Gasteiger partial charge is 0.389 e. The van der Waals surface area contributed by atoms with Crippen molar-refractivity contribution in [2.45, 2.75) is 71.8 Å². The number of aliphatic hydroxyl groups is 1. The first-order chi connectivity index (χ1) is 8.57. The molecule has 0 fully saturated rings. The second-order valence-electron chi connectivity index (χ2n) is 7.64. The van der Waals surface area contributed by atoms with E-state index in [0.717, 1.165) is 5.56 Å². The van der Waals surface area contributed by atoms with Gasteiger partial charge in [-0.1, -0.05) is 46.8 Å². The van der Waals surface area contributed by atoms with E-state index in [9.17, 15) is 5.11 Å². The molecular weight excluding hydrogens is 232 g/mol. The van der Waals surface area contributed by atoms with E-state index in [4.69, 9.17) is 0 Å². The molecule has 0 radical (unpaired) electrons. The number of fused-ring (bicyclic) bond motifs is 1. The molecule has 0 bridgehead atoms. The van der Waals surface area contributed by atoms with Gasteiger partial charge in [0, 0.05) is 0 Å². The Hall–Kier alpha value is -0.820. The van der Waals surface area contributed by atoms with Crippen LogP contribution in [0.5, 0.6) is 0 Å². The SMILES string of the molecule is Cc1cc2c(cc1[C@@H](C)O)C(C)(C)CC(C)C2(C)C. The van der Waals surface area contributed by atoms with E-state index < -0.39 is 0 Å². The fourth-order valence-corrected chi connectivity index (χ4v) is 3.66. The van der Waals surface area contributed by atoms with Crippen LogP contribution in [0.25, 0.3) is 0 Å². The van der Waals surface area contributed by atoms with Gasteiger partial charge in [-0.2, -0.15) is 0 Å². The van der Waals surface area contributed by atoms with Gasteiger partial charge in [-0.15, -0.1) is 0 Å². The van der Waals surface area contributed by atoms with Crippen LogP contribution >= 0.6 is 0 Å². The summed E-state index contributed by atoms with van der Waals surface area (Å²) in [6.07, 6.45) is 0.818. The Bertz CT molecular complexity index is 495. The Kier molecular flexibility index (Phi) is 3.33. The quantitative estimate of drug-likeness (QED) is 0.779. The van der Waals surface area contributed by atoms with E-state index in [1.165, 1.54) is 23.1 Å². The van der Waals surface area contributed by atoms with Crippen molar-refractivity contribution in [1.29, 1.82) is 0 Å². The van der Waals surface area contributed by atoms with Crippen LogP contribution < -0.4 is 0 Å². The zero-order valence-electron chi connectivity index (χ0n) is 13.5.